The summed E-state index contributed by atoms with van der Waals surface area (Å²) in [6.45, 7) is 2.55. The molecule has 1 aliphatic carbocycles. The second-order valence-electron chi connectivity index (χ2n) is 6.35. The van der Waals surface area contributed by atoms with E-state index >= 15 is 0 Å². The van der Waals surface area contributed by atoms with Crippen molar-refractivity contribution in [3.8, 4) is 0 Å². The van der Waals surface area contributed by atoms with E-state index in [0.29, 0.717) is 17.3 Å². The van der Waals surface area contributed by atoms with Gasteiger partial charge in [-0.05, 0) is 25.3 Å². The van der Waals surface area contributed by atoms with Gasteiger partial charge >= 0.3 is 0 Å². The molecular weight excluding hydrogens is 320 g/mol. The molecule has 1 saturated carbocycles. The van der Waals surface area contributed by atoms with Gasteiger partial charge in [-0.15, -0.1) is 0 Å². The van der Waals surface area contributed by atoms with E-state index in [0.717, 1.165) is 32.1 Å². The van der Waals surface area contributed by atoms with Crippen molar-refractivity contribution in [3.05, 3.63) is 40.3 Å². The Bertz CT molecular complexity index is 855. The van der Waals surface area contributed by atoms with Gasteiger partial charge in [0.2, 0.25) is 5.91 Å². The molecule has 2 aromatic rings. The number of hydrazine groups is 1. The number of benzene rings is 1. The number of aromatic nitrogens is 2. The van der Waals surface area contributed by atoms with Crippen molar-refractivity contribution < 1.29 is 9.59 Å². The summed E-state index contributed by atoms with van der Waals surface area (Å²) in [7, 11) is 0. The van der Waals surface area contributed by atoms with Crippen molar-refractivity contribution in [2.24, 2.45) is 5.92 Å². The molecule has 0 radical (unpaired) electrons. The van der Waals surface area contributed by atoms with Crippen LogP contribution < -0.4 is 16.4 Å². The summed E-state index contributed by atoms with van der Waals surface area (Å²) in [4.78, 5) is 36.8. The third-order valence-electron chi connectivity index (χ3n) is 4.30. The normalized spacial score (nSPS) is 13.6. The van der Waals surface area contributed by atoms with Crippen LogP contribution in [-0.4, -0.2) is 21.6 Å². The third kappa shape index (κ3) is 3.87. The van der Waals surface area contributed by atoms with Gasteiger partial charge < -0.3 is 0 Å². The van der Waals surface area contributed by atoms with Crippen LogP contribution in [0.25, 0.3) is 10.8 Å². The van der Waals surface area contributed by atoms with Gasteiger partial charge in [0.1, 0.15) is 0 Å². The highest BCUT2D eigenvalue weighted by Gasteiger charge is 2.30. The Balaban J connectivity index is 1.88. The Morgan fingerprint density at radius 1 is 1.16 bits per heavy atom. The minimum Gasteiger partial charge on any atom is -0.273 e. The molecule has 1 heterocycles. The first-order valence-corrected chi connectivity index (χ1v) is 8.72. The molecule has 1 aromatic carbocycles. The van der Waals surface area contributed by atoms with E-state index < -0.39 is 5.91 Å². The fraction of sp³-hybridized carbons (Fsp3) is 0.444. The molecule has 0 spiro atoms. The number of amides is 2. The van der Waals surface area contributed by atoms with Gasteiger partial charge in [0.25, 0.3) is 11.5 Å². The van der Waals surface area contributed by atoms with Crippen LogP contribution >= 0.6 is 0 Å². The maximum absolute atomic E-state index is 12.6. The van der Waals surface area contributed by atoms with Gasteiger partial charge in [0.15, 0.2) is 5.69 Å². The molecule has 7 heteroatoms. The Morgan fingerprint density at radius 2 is 1.88 bits per heavy atom. The highest BCUT2D eigenvalue weighted by atomic mass is 16.2. The van der Waals surface area contributed by atoms with E-state index in [-0.39, 0.29) is 23.1 Å². The van der Waals surface area contributed by atoms with E-state index in [1.165, 1.54) is 4.68 Å². The summed E-state index contributed by atoms with van der Waals surface area (Å²) in [5, 5.41) is 5.19. The van der Waals surface area contributed by atoms with Crippen molar-refractivity contribution >= 4 is 22.6 Å². The van der Waals surface area contributed by atoms with Gasteiger partial charge in [0.05, 0.1) is 5.39 Å². The minimum atomic E-state index is -0.519. The Morgan fingerprint density at radius 3 is 2.56 bits per heavy atom. The molecule has 0 unspecified atom stereocenters. The molecule has 0 saturated heterocycles. The number of rotatable bonds is 6. The molecule has 25 heavy (non-hydrogen) atoms. The van der Waals surface area contributed by atoms with Crippen LogP contribution in [0.4, 0.5) is 0 Å². The quantitative estimate of drug-likeness (QED) is 0.618. The number of fused-ring (bicyclic) bond motifs is 1. The molecule has 7 nitrogen and oxygen atoms in total. The molecule has 132 valence electrons. The Kier molecular flexibility index (Phi) is 5.11. The zero-order chi connectivity index (χ0) is 17.8. The smallest absolute Gasteiger partial charge is 0.273 e. The van der Waals surface area contributed by atoms with E-state index in [1.54, 1.807) is 24.3 Å². The fourth-order valence-corrected chi connectivity index (χ4v) is 2.69. The average molecular weight is 342 g/mol. The summed E-state index contributed by atoms with van der Waals surface area (Å²) < 4.78 is 1.34. The van der Waals surface area contributed by atoms with Crippen LogP contribution in [-0.2, 0) is 11.3 Å². The van der Waals surface area contributed by atoms with E-state index in [9.17, 15) is 14.4 Å². The van der Waals surface area contributed by atoms with Gasteiger partial charge in [-0.25, -0.2) is 4.68 Å². The summed E-state index contributed by atoms with van der Waals surface area (Å²) in [5.41, 5.74) is 4.78. The first kappa shape index (κ1) is 17.1. The first-order valence-electron chi connectivity index (χ1n) is 8.72. The molecular formula is C18H22N4O3. The van der Waals surface area contributed by atoms with Crippen molar-refractivity contribution in [1.82, 2.24) is 20.6 Å². The summed E-state index contributed by atoms with van der Waals surface area (Å²) in [6.07, 6.45) is 4.54. The molecule has 1 fully saturated rings. The van der Waals surface area contributed by atoms with E-state index in [2.05, 4.69) is 22.9 Å². The molecule has 1 aliphatic rings. The maximum atomic E-state index is 12.6. The van der Waals surface area contributed by atoms with Crippen LogP contribution in [0.3, 0.4) is 0 Å². The molecule has 3 rings (SSSR count). The van der Waals surface area contributed by atoms with E-state index in [1.807, 2.05) is 0 Å². The SMILES string of the molecule is CCCCCn1nc(C(=O)NNC(=O)C2CC2)c2ccccc2c1=O. The molecule has 0 aliphatic heterocycles. The lowest BCUT2D eigenvalue weighted by molar-refractivity contribution is -0.123. The van der Waals surface area contributed by atoms with Gasteiger partial charge in [0, 0.05) is 17.8 Å². The predicted molar refractivity (Wildman–Crippen MR) is 93.9 cm³/mol. The van der Waals surface area contributed by atoms with Crippen LogP contribution in [0, 0.1) is 5.92 Å². The first-order chi connectivity index (χ1) is 12.1. The van der Waals surface area contributed by atoms with Crippen LogP contribution in [0.2, 0.25) is 0 Å². The van der Waals surface area contributed by atoms with Crippen LogP contribution in [0.1, 0.15) is 49.5 Å². The lowest BCUT2D eigenvalue weighted by Gasteiger charge is -2.11. The lowest BCUT2D eigenvalue weighted by atomic mass is 10.1. The number of carbonyl (C=O) groups excluding carboxylic acids is 2. The molecule has 1 aromatic heterocycles. The van der Waals surface area contributed by atoms with Gasteiger partial charge in [-0.1, -0.05) is 38.0 Å². The van der Waals surface area contributed by atoms with Crippen LogP contribution in [0.5, 0.6) is 0 Å². The zero-order valence-corrected chi connectivity index (χ0v) is 14.2. The lowest BCUT2D eigenvalue weighted by Crippen LogP contribution is -2.43. The average Bonchev–Trinajstić information content (AvgIpc) is 3.47. The van der Waals surface area contributed by atoms with Crippen molar-refractivity contribution in [1.29, 1.82) is 0 Å². The maximum Gasteiger partial charge on any atom is 0.290 e. The monoisotopic (exact) mass is 342 g/mol. The Hall–Kier alpha value is -2.70. The van der Waals surface area contributed by atoms with Crippen LogP contribution in [0.15, 0.2) is 29.1 Å². The topological polar surface area (TPSA) is 93.1 Å². The number of unbranched alkanes of at least 4 members (excludes halogenated alkanes) is 2. The molecule has 0 atom stereocenters. The van der Waals surface area contributed by atoms with Gasteiger partial charge in [-0.2, -0.15) is 5.10 Å². The summed E-state index contributed by atoms with van der Waals surface area (Å²) >= 11 is 0. The summed E-state index contributed by atoms with van der Waals surface area (Å²) in [6, 6.07) is 6.90. The second kappa shape index (κ2) is 7.46. The fourth-order valence-electron chi connectivity index (χ4n) is 2.69. The Labute approximate surface area is 145 Å². The zero-order valence-electron chi connectivity index (χ0n) is 14.2. The summed E-state index contributed by atoms with van der Waals surface area (Å²) in [5.74, 6) is -0.712. The second-order valence-corrected chi connectivity index (χ2v) is 6.35. The number of nitrogens with one attached hydrogen (secondary N) is 2. The predicted octanol–water partition coefficient (Wildman–Crippen LogP) is 1.76. The highest BCUT2D eigenvalue weighted by molar-refractivity contribution is 6.05. The van der Waals surface area contributed by atoms with Crippen molar-refractivity contribution in [2.75, 3.05) is 0 Å². The van der Waals surface area contributed by atoms with Crippen molar-refractivity contribution in [2.45, 2.75) is 45.6 Å². The van der Waals surface area contributed by atoms with E-state index in [4.69, 9.17) is 0 Å². The number of hydrogen-bond acceptors (Lipinski definition) is 4. The van der Waals surface area contributed by atoms with Gasteiger partial charge in [-0.3, -0.25) is 25.2 Å². The number of aryl methyl sites for hydroxylation is 1. The third-order valence-corrected chi connectivity index (χ3v) is 4.30. The number of carbonyl (C=O) groups is 2. The standard InChI is InChI=1S/C18H22N4O3/c1-2-3-6-11-22-18(25)14-8-5-4-7-13(14)15(21-22)17(24)20-19-16(23)12-9-10-12/h4-5,7-8,12H,2-3,6,9-11H2,1H3,(H,19,23)(H,20,24). The molecule has 0 bridgehead atoms. The number of nitrogens with zero attached hydrogens (tertiary/aromatic N) is 2. The largest absolute Gasteiger partial charge is 0.290 e. The minimum absolute atomic E-state index is 0.00648. The molecule has 2 amide bonds. The number of hydrogen-bond donors (Lipinski definition) is 2. The highest BCUT2D eigenvalue weighted by Crippen LogP contribution is 2.28. The molecule has 2 N–H and O–H groups in total. The van der Waals surface area contributed by atoms with Crippen molar-refractivity contribution in [3.63, 3.8) is 0 Å².